The van der Waals surface area contributed by atoms with E-state index in [1.54, 1.807) is 0 Å². The maximum absolute atomic E-state index is 4.21. The van der Waals surface area contributed by atoms with Crippen LogP contribution in [0.4, 0.5) is 0 Å². The molecule has 0 unspecified atom stereocenters. The van der Waals surface area contributed by atoms with E-state index in [0.717, 1.165) is 19.3 Å². The van der Waals surface area contributed by atoms with Gasteiger partial charge in [0.05, 0.1) is 5.41 Å². The quantitative estimate of drug-likeness (QED) is 0.416. The Hall–Kier alpha value is -2.86. The van der Waals surface area contributed by atoms with E-state index in [0.29, 0.717) is 0 Å². The average Bonchev–Trinajstić information content (AvgIpc) is 3.04. The molecular formula is C28H30. The van der Waals surface area contributed by atoms with Gasteiger partial charge in [-0.15, -0.1) is 0 Å². The molecule has 3 rings (SSSR count). The SMILES string of the molecule is C=C/C(=C\C=C/CC)C1(/C(C=C)=C/CCC)c2ccccc2-c2ccccc21. The fraction of sp³-hybridized carbons (Fsp3) is 0.214. The van der Waals surface area contributed by atoms with Crippen molar-refractivity contribution in [1.29, 1.82) is 0 Å². The Morgan fingerprint density at radius 1 is 0.857 bits per heavy atom. The summed E-state index contributed by atoms with van der Waals surface area (Å²) < 4.78 is 0. The second-order valence-electron chi connectivity index (χ2n) is 7.16. The van der Waals surface area contributed by atoms with Gasteiger partial charge in [0.15, 0.2) is 0 Å². The van der Waals surface area contributed by atoms with Crippen molar-refractivity contribution in [2.45, 2.75) is 38.5 Å². The molecule has 0 fully saturated rings. The van der Waals surface area contributed by atoms with Crippen LogP contribution in [0.1, 0.15) is 44.2 Å². The van der Waals surface area contributed by atoms with Gasteiger partial charge in [-0.2, -0.15) is 0 Å². The van der Waals surface area contributed by atoms with E-state index in [2.05, 4.69) is 99.8 Å². The summed E-state index contributed by atoms with van der Waals surface area (Å²) in [6.07, 6.45) is 16.1. The van der Waals surface area contributed by atoms with Crippen LogP contribution in [0.3, 0.4) is 0 Å². The van der Waals surface area contributed by atoms with Crippen LogP contribution in [0.2, 0.25) is 0 Å². The van der Waals surface area contributed by atoms with Crippen LogP contribution in [0.15, 0.2) is 109 Å². The minimum atomic E-state index is -0.371. The highest BCUT2D eigenvalue weighted by molar-refractivity contribution is 5.87. The Morgan fingerprint density at radius 3 is 1.93 bits per heavy atom. The fourth-order valence-electron chi connectivity index (χ4n) is 4.37. The minimum Gasteiger partial charge on any atom is -0.0987 e. The van der Waals surface area contributed by atoms with E-state index in [4.69, 9.17) is 0 Å². The first kappa shape index (κ1) is 19.9. The average molecular weight is 367 g/mol. The molecule has 28 heavy (non-hydrogen) atoms. The van der Waals surface area contributed by atoms with Crippen LogP contribution in [0, 0.1) is 0 Å². The number of fused-ring (bicyclic) bond motifs is 3. The van der Waals surface area contributed by atoms with Gasteiger partial charge in [0.25, 0.3) is 0 Å². The van der Waals surface area contributed by atoms with Crippen LogP contribution < -0.4 is 0 Å². The second kappa shape index (κ2) is 8.89. The topological polar surface area (TPSA) is 0 Å². The molecule has 2 aromatic rings. The van der Waals surface area contributed by atoms with E-state index < -0.39 is 0 Å². The van der Waals surface area contributed by atoms with Gasteiger partial charge in [-0.1, -0.05) is 118 Å². The molecule has 0 heterocycles. The largest absolute Gasteiger partial charge is 0.0987 e. The van der Waals surface area contributed by atoms with Gasteiger partial charge < -0.3 is 0 Å². The summed E-state index contributed by atoms with van der Waals surface area (Å²) >= 11 is 0. The Labute approximate surface area is 170 Å². The van der Waals surface area contributed by atoms with Crippen molar-refractivity contribution in [3.8, 4) is 11.1 Å². The first-order chi connectivity index (χ1) is 13.7. The first-order valence-electron chi connectivity index (χ1n) is 10.3. The van der Waals surface area contributed by atoms with Gasteiger partial charge in [-0.3, -0.25) is 0 Å². The Balaban J connectivity index is 2.44. The molecule has 0 nitrogen and oxygen atoms in total. The Morgan fingerprint density at radius 2 is 1.43 bits per heavy atom. The molecule has 0 bridgehead atoms. The van der Waals surface area contributed by atoms with E-state index in [9.17, 15) is 0 Å². The van der Waals surface area contributed by atoms with E-state index in [1.165, 1.54) is 33.4 Å². The predicted molar refractivity (Wildman–Crippen MR) is 124 cm³/mol. The molecule has 1 aliphatic carbocycles. The van der Waals surface area contributed by atoms with Gasteiger partial charge in [-0.25, -0.2) is 0 Å². The molecule has 142 valence electrons. The number of benzene rings is 2. The molecule has 0 saturated carbocycles. The van der Waals surface area contributed by atoms with Crippen LogP contribution in [-0.4, -0.2) is 0 Å². The lowest BCUT2D eigenvalue weighted by Gasteiger charge is -2.35. The highest BCUT2D eigenvalue weighted by Gasteiger charge is 2.46. The second-order valence-corrected chi connectivity index (χ2v) is 7.16. The third kappa shape index (κ3) is 3.14. The standard InChI is InChI=1S/C28H30/c1-5-9-11-17-23(8-4)28(22(7-3)16-10-6-2)26-20-14-12-18-24(26)25-19-13-15-21-27(25)28/h7-9,11-21H,3-6,10H2,1-2H3/b11-9-,22-16+,23-17+. The molecule has 2 aromatic carbocycles. The van der Waals surface area contributed by atoms with Crippen molar-refractivity contribution in [2.24, 2.45) is 0 Å². The lowest BCUT2D eigenvalue weighted by Crippen LogP contribution is -2.29. The van der Waals surface area contributed by atoms with E-state index in [1.807, 2.05) is 12.2 Å². The van der Waals surface area contributed by atoms with Crippen molar-refractivity contribution in [1.82, 2.24) is 0 Å². The number of hydrogen-bond donors (Lipinski definition) is 0. The molecule has 1 aliphatic rings. The summed E-state index contributed by atoms with van der Waals surface area (Å²) in [4.78, 5) is 0. The van der Waals surface area contributed by atoms with Crippen LogP contribution in [0.25, 0.3) is 11.1 Å². The number of rotatable bonds is 8. The fourth-order valence-corrected chi connectivity index (χ4v) is 4.37. The van der Waals surface area contributed by atoms with Crippen molar-refractivity contribution in [2.75, 3.05) is 0 Å². The maximum atomic E-state index is 4.21. The molecule has 0 radical (unpaired) electrons. The van der Waals surface area contributed by atoms with Crippen molar-refractivity contribution in [3.63, 3.8) is 0 Å². The maximum Gasteiger partial charge on any atom is 0.0710 e. The number of unbranched alkanes of at least 4 members (excludes halogenated alkanes) is 1. The summed E-state index contributed by atoms with van der Waals surface area (Å²) in [5.74, 6) is 0. The molecule has 0 saturated heterocycles. The molecule has 0 spiro atoms. The van der Waals surface area contributed by atoms with E-state index >= 15 is 0 Å². The van der Waals surface area contributed by atoms with Crippen molar-refractivity contribution >= 4 is 0 Å². The van der Waals surface area contributed by atoms with Crippen LogP contribution in [-0.2, 0) is 5.41 Å². The molecule has 0 aromatic heterocycles. The number of allylic oxidation sites excluding steroid dienone is 8. The zero-order valence-electron chi connectivity index (χ0n) is 17.1. The molecular weight excluding hydrogens is 336 g/mol. The summed E-state index contributed by atoms with van der Waals surface area (Å²) in [6, 6.07) is 17.5. The lowest BCUT2D eigenvalue weighted by atomic mass is 9.66. The smallest absolute Gasteiger partial charge is 0.0710 e. The van der Waals surface area contributed by atoms with Gasteiger partial charge in [0.1, 0.15) is 0 Å². The molecule has 0 aliphatic heterocycles. The monoisotopic (exact) mass is 366 g/mol. The minimum absolute atomic E-state index is 0.371. The molecule has 0 N–H and O–H groups in total. The zero-order valence-corrected chi connectivity index (χ0v) is 17.1. The summed E-state index contributed by atoms with van der Waals surface area (Å²) in [5, 5.41) is 0. The van der Waals surface area contributed by atoms with Crippen LogP contribution in [0.5, 0.6) is 0 Å². The summed E-state index contributed by atoms with van der Waals surface area (Å²) in [6.45, 7) is 12.8. The van der Waals surface area contributed by atoms with Gasteiger partial charge in [0.2, 0.25) is 0 Å². The molecule has 0 atom stereocenters. The predicted octanol–water partition coefficient (Wildman–Crippen LogP) is 7.94. The first-order valence-corrected chi connectivity index (χ1v) is 10.3. The molecule has 0 amide bonds. The normalized spacial score (nSPS) is 15.4. The Bertz CT molecular complexity index is 904. The summed E-state index contributed by atoms with van der Waals surface area (Å²) in [7, 11) is 0. The number of hydrogen-bond acceptors (Lipinski definition) is 0. The van der Waals surface area contributed by atoms with E-state index in [-0.39, 0.29) is 5.41 Å². The highest BCUT2D eigenvalue weighted by Crippen LogP contribution is 2.56. The van der Waals surface area contributed by atoms with Crippen LogP contribution >= 0.6 is 0 Å². The zero-order chi connectivity index (χ0) is 20.0. The Kier molecular flexibility index (Phi) is 6.31. The molecule has 0 heteroatoms. The third-order valence-electron chi connectivity index (χ3n) is 5.56. The third-order valence-corrected chi connectivity index (χ3v) is 5.56. The van der Waals surface area contributed by atoms with Crippen molar-refractivity contribution in [3.05, 3.63) is 120 Å². The summed E-state index contributed by atoms with van der Waals surface area (Å²) in [5.41, 5.74) is 7.29. The van der Waals surface area contributed by atoms with Gasteiger partial charge in [0, 0.05) is 0 Å². The van der Waals surface area contributed by atoms with Gasteiger partial charge >= 0.3 is 0 Å². The lowest BCUT2D eigenvalue weighted by molar-refractivity contribution is 0.756. The highest BCUT2D eigenvalue weighted by atomic mass is 14.5. The van der Waals surface area contributed by atoms with Gasteiger partial charge in [-0.05, 0) is 46.2 Å². The van der Waals surface area contributed by atoms with Crippen molar-refractivity contribution < 1.29 is 0 Å².